The molecule has 14 heteroatoms. The molecule has 12 atom stereocenters. The number of likely N-dealkylation sites (N-methyl/N-ethyl adjacent to an activating group) is 1. The van der Waals surface area contributed by atoms with Gasteiger partial charge in [-0.25, -0.2) is 4.79 Å². The molecule has 9 rings (SSSR count). The number of hydrogen-bond donors (Lipinski definition) is 2. The van der Waals surface area contributed by atoms with Crippen molar-refractivity contribution in [3.05, 3.63) is 64.8 Å². The van der Waals surface area contributed by atoms with Crippen molar-refractivity contribution in [1.82, 2.24) is 14.7 Å². The Kier molecular flexibility index (Phi) is 10.6. The summed E-state index contributed by atoms with van der Waals surface area (Å²) in [6.07, 6.45) is 12.2. The van der Waals surface area contributed by atoms with Crippen molar-refractivity contribution in [2.24, 2.45) is 28.1 Å². The van der Waals surface area contributed by atoms with Crippen LogP contribution >= 0.6 is 11.8 Å². The summed E-state index contributed by atoms with van der Waals surface area (Å²) in [4.78, 5) is 51.0. The van der Waals surface area contributed by atoms with Gasteiger partial charge in [-0.2, -0.15) is 0 Å². The summed E-state index contributed by atoms with van der Waals surface area (Å²) in [5.41, 5.74) is 0.170. The minimum absolute atomic E-state index is 0.0321. The second-order valence-corrected chi connectivity index (χ2v) is 20.1. The van der Waals surface area contributed by atoms with Crippen molar-refractivity contribution >= 4 is 48.0 Å². The average molecular weight is 856 g/mol. The van der Waals surface area contributed by atoms with Crippen LogP contribution in [0.1, 0.15) is 64.9 Å². The minimum Gasteiger partial charge on any atom is -0.468 e. The molecule has 2 bridgehead atoms. The molecule has 8 aliphatic rings. The number of fused-ring (bicyclic) bond motifs is 5. The van der Waals surface area contributed by atoms with Crippen LogP contribution in [0.2, 0.25) is 0 Å². The Morgan fingerprint density at radius 2 is 1.77 bits per heavy atom. The molecule has 6 aliphatic heterocycles. The highest BCUT2D eigenvalue weighted by Crippen LogP contribution is 2.70. The molecule has 2 aliphatic carbocycles. The van der Waals surface area contributed by atoms with Gasteiger partial charge in [-0.3, -0.25) is 19.4 Å². The Balaban J connectivity index is 1.32. The molecule has 0 aromatic heterocycles. The standard InChI is InChI=1S/C47H62BN3O9S/c1-9-43(55)23-28-24-46(41(53)58-6,37-30(14-18-50(25-28)26-43)31-20-29(61-8)12-13-34(31)48-37)33-21-32-35(22-36(33)57-5)49(4)39-45(32)16-19-51-17-11-15-44(10-2,38(45)51)40(60-27(3)52)47(39,56)42(54)59-7/h11-13,15,20-22,28,33,36,38-40,48,55-56H,9-10,14,16-19,23-26H2,1-8H3/t28-,33?,36?,38+,39-,40-,43+,44-,45-,46+,47+/m1/s1. The van der Waals surface area contributed by atoms with Crippen LogP contribution in [-0.2, 0) is 33.3 Å². The van der Waals surface area contributed by atoms with E-state index in [2.05, 4.69) is 58.6 Å². The van der Waals surface area contributed by atoms with Gasteiger partial charge in [-0.15, -0.1) is 11.8 Å². The van der Waals surface area contributed by atoms with Crippen LogP contribution in [-0.4, -0.2) is 153 Å². The lowest BCUT2D eigenvalue weighted by Crippen LogP contribution is -2.79. The van der Waals surface area contributed by atoms with E-state index in [0.29, 0.717) is 65.4 Å². The lowest BCUT2D eigenvalue weighted by Gasteiger charge is -2.63. The first-order chi connectivity index (χ1) is 29.2. The van der Waals surface area contributed by atoms with Crippen molar-refractivity contribution in [3.63, 3.8) is 0 Å². The number of methoxy groups -OCH3 is 3. The number of thioether (sulfide) groups is 1. The van der Waals surface area contributed by atoms with Gasteiger partial charge < -0.3 is 34.1 Å². The van der Waals surface area contributed by atoms with Crippen LogP contribution in [0.5, 0.6) is 0 Å². The summed E-state index contributed by atoms with van der Waals surface area (Å²) in [5.74, 6) is -2.35. The molecule has 3 saturated heterocycles. The molecule has 1 spiro atoms. The third-order valence-electron chi connectivity index (χ3n) is 16.7. The second-order valence-electron chi connectivity index (χ2n) is 19.2. The number of allylic oxidation sites excluding steroid dienone is 1. The predicted octanol–water partition coefficient (Wildman–Crippen LogP) is 3.26. The predicted molar refractivity (Wildman–Crippen MR) is 234 cm³/mol. The minimum atomic E-state index is -2.28. The molecule has 1 aromatic carbocycles. The number of aliphatic hydroxyl groups is 2. The number of esters is 3. The SMILES string of the molecule is CC[C@]1(O)C[C@H]2CN(CCC3=C(Bc4ccc(SC)cc43)[C@@](C(=O)OC)(C3C=C4C(=CC3OC)N(C)[C@H]3[C@@](O)(C(=O)OC)[C@H](OC(C)=O)[C@]5(CC)C=CCN6CC[C@]43[C@@H]65)C2)C1. The fourth-order valence-electron chi connectivity index (χ4n) is 14.5. The van der Waals surface area contributed by atoms with Crippen molar-refractivity contribution in [2.45, 2.75) is 99.7 Å². The molecule has 328 valence electrons. The van der Waals surface area contributed by atoms with E-state index in [1.54, 1.807) is 18.9 Å². The largest absolute Gasteiger partial charge is 0.468 e. The summed E-state index contributed by atoms with van der Waals surface area (Å²) >= 11 is 1.70. The van der Waals surface area contributed by atoms with E-state index in [1.165, 1.54) is 37.7 Å². The molecule has 2 N–H and O–H groups in total. The van der Waals surface area contributed by atoms with Crippen LogP contribution in [0.4, 0.5) is 0 Å². The van der Waals surface area contributed by atoms with E-state index in [0.717, 1.165) is 34.7 Å². The Labute approximate surface area is 365 Å². The molecule has 3 unspecified atom stereocenters. The van der Waals surface area contributed by atoms with E-state index in [-0.39, 0.29) is 17.9 Å². The summed E-state index contributed by atoms with van der Waals surface area (Å²) in [6, 6.07) is 5.49. The van der Waals surface area contributed by atoms with Gasteiger partial charge in [0, 0.05) is 80.6 Å². The Morgan fingerprint density at radius 1 is 1.00 bits per heavy atom. The van der Waals surface area contributed by atoms with Crippen LogP contribution in [0, 0.1) is 28.1 Å². The first-order valence-corrected chi connectivity index (χ1v) is 23.4. The first-order valence-electron chi connectivity index (χ1n) is 22.2. The number of ether oxygens (including phenoxy) is 4. The number of hydrogen-bond acceptors (Lipinski definition) is 13. The van der Waals surface area contributed by atoms with Crippen molar-refractivity contribution in [2.75, 3.05) is 67.4 Å². The maximum absolute atomic E-state index is 15.5. The lowest BCUT2D eigenvalue weighted by atomic mass is 9.46. The molecular formula is C47H62BN3O9S. The van der Waals surface area contributed by atoms with E-state index in [4.69, 9.17) is 18.9 Å². The van der Waals surface area contributed by atoms with Crippen LogP contribution in [0.15, 0.2) is 64.1 Å². The number of piperidine rings is 1. The van der Waals surface area contributed by atoms with Gasteiger partial charge >= 0.3 is 17.9 Å². The normalized spacial score (nSPS) is 40.8. The van der Waals surface area contributed by atoms with Crippen LogP contribution in [0.3, 0.4) is 0 Å². The van der Waals surface area contributed by atoms with Crippen molar-refractivity contribution in [3.8, 4) is 0 Å². The van der Waals surface area contributed by atoms with Crippen molar-refractivity contribution < 1.29 is 43.5 Å². The first kappa shape index (κ1) is 42.9. The third kappa shape index (κ3) is 5.80. The molecule has 0 radical (unpaired) electrons. The summed E-state index contributed by atoms with van der Waals surface area (Å²) in [6.45, 7) is 8.86. The number of benzene rings is 1. The molecule has 6 heterocycles. The van der Waals surface area contributed by atoms with E-state index < -0.39 is 63.6 Å². The molecule has 0 amide bonds. The van der Waals surface area contributed by atoms with E-state index in [1.807, 2.05) is 25.8 Å². The Bertz CT molecular complexity index is 2160. The zero-order valence-electron chi connectivity index (χ0n) is 37.0. The molecule has 1 aromatic rings. The van der Waals surface area contributed by atoms with Gasteiger partial charge in [0.15, 0.2) is 13.4 Å². The fourth-order valence-corrected chi connectivity index (χ4v) is 14.9. The van der Waals surface area contributed by atoms with Gasteiger partial charge in [-0.05, 0) is 92.2 Å². The summed E-state index contributed by atoms with van der Waals surface area (Å²) in [5, 5.41) is 25.5. The van der Waals surface area contributed by atoms with Gasteiger partial charge in [0.1, 0.15) is 0 Å². The molecule has 4 fully saturated rings. The maximum atomic E-state index is 15.5. The number of rotatable bonds is 8. The van der Waals surface area contributed by atoms with E-state index in [9.17, 15) is 19.8 Å². The lowest BCUT2D eigenvalue weighted by molar-refractivity contribution is -0.243. The second kappa shape index (κ2) is 15.1. The average Bonchev–Trinajstić information content (AvgIpc) is 3.92. The van der Waals surface area contributed by atoms with Crippen LogP contribution in [0.25, 0.3) is 5.57 Å². The van der Waals surface area contributed by atoms with Crippen molar-refractivity contribution in [1.29, 1.82) is 0 Å². The quantitative estimate of drug-likeness (QED) is 0.130. The molecule has 61 heavy (non-hydrogen) atoms. The zero-order chi connectivity index (χ0) is 43.4. The summed E-state index contributed by atoms with van der Waals surface area (Å²) < 4.78 is 24.3. The third-order valence-corrected chi connectivity index (χ3v) is 17.4. The monoisotopic (exact) mass is 855 g/mol. The highest BCUT2D eigenvalue weighted by atomic mass is 32.2. The zero-order valence-corrected chi connectivity index (χ0v) is 37.8. The number of carbonyl (C=O) groups excluding carboxylic acids is 3. The topological polar surface area (TPSA) is 138 Å². The Hall–Kier alpha value is -3.40. The molecule has 1 saturated carbocycles. The highest BCUT2D eigenvalue weighted by Gasteiger charge is 2.81. The number of carbonyl (C=O) groups is 3. The number of likely N-dealkylation sites (tertiary alicyclic amines) is 1. The Morgan fingerprint density at radius 3 is 2.44 bits per heavy atom. The van der Waals surface area contributed by atoms with Crippen LogP contribution < -0.4 is 5.46 Å². The van der Waals surface area contributed by atoms with Gasteiger partial charge in [-0.1, -0.05) is 49.1 Å². The fraction of sp³-hybridized carbons (Fsp3) is 0.638. The summed E-state index contributed by atoms with van der Waals surface area (Å²) in [7, 11) is 6.94. The maximum Gasteiger partial charge on any atom is 0.344 e. The van der Waals surface area contributed by atoms with Gasteiger partial charge in [0.25, 0.3) is 0 Å². The van der Waals surface area contributed by atoms with Gasteiger partial charge in [0.05, 0.1) is 37.4 Å². The molecular weight excluding hydrogens is 793 g/mol. The smallest absolute Gasteiger partial charge is 0.344 e. The number of nitrogens with zero attached hydrogens (tertiary/aromatic N) is 3. The molecule has 12 nitrogen and oxygen atoms in total. The highest BCUT2D eigenvalue weighted by molar-refractivity contribution is 7.98. The van der Waals surface area contributed by atoms with Gasteiger partial charge in [0.2, 0.25) is 5.60 Å². The van der Waals surface area contributed by atoms with E-state index >= 15 is 4.79 Å².